The number of oxazole rings is 1. The fraction of sp³-hybridized carbons (Fsp3) is 0.267. The highest BCUT2D eigenvalue weighted by atomic mass is 35.5. The Bertz CT molecular complexity index is 855. The fourth-order valence-corrected chi connectivity index (χ4v) is 4.28. The molecule has 3 aromatic rings. The smallest absolute Gasteiger partial charge is 0.230 e. The van der Waals surface area contributed by atoms with E-state index < -0.39 is 5.82 Å². The summed E-state index contributed by atoms with van der Waals surface area (Å²) in [4.78, 5) is 5.69. The SMILES string of the molecule is Nc1sc2c(c1-c1nc3cc(F)cc(Cl)c3o1)CCCC2. The highest BCUT2D eigenvalue weighted by Crippen LogP contribution is 2.43. The van der Waals surface area contributed by atoms with Crippen LogP contribution in [0.15, 0.2) is 16.5 Å². The molecule has 0 saturated heterocycles. The number of nitrogens with zero attached hydrogens (tertiary/aromatic N) is 1. The molecule has 4 rings (SSSR count). The van der Waals surface area contributed by atoms with Crippen molar-refractivity contribution >= 4 is 39.0 Å². The van der Waals surface area contributed by atoms with Crippen molar-refractivity contribution in [2.45, 2.75) is 25.7 Å². The van der Waals surface area contributed by atoms with Gasteiger partial charge in [0.25, 0.3) is 0 Å². The number of nitrogen functional groups attached to an aromatic ring is 1. The van der Waals surface area contributed by atoms with Gasteiger partial charge in [0.1, 0.15) is 11.3 Å². The lowest BCUT2D eigenvalue weighted by molar-refractivity contribution is 0.612. The summed E-state index contributed by atoms with van der Waals surface area (Å²) in [6.07, 6.45) is 4.38. The Morgan fingerprint density at radius 1 is 1.29 bits per heavy atom. The third-order valence-corrected chi connectivity index (χ3v) is 5.22. The number of nitrogens with two attached hydrogens (primary N) is 1. The van der Waals surface area contributed by atoms with Crippen molar-refractivity contribution in [2.24, 2.45) is 0 Å². The highest BCUT2D eigenvalue weighted by molar-refractivity contribution is 7.16. The molecule has 0 unspecified atom stereocenters. The van der Waals surface area contributed by atoms with Crippen LogP contribution in [0.25, 0.3) is 22.6 Å². The summed E-state index contributed by atoms with van der Waals surface area (Å²) in [5.41, 5.74) is 9.07. The van der Waals surface area contributed by atoms with Crippen molar-refractivity contribution in [3.05, 3.63) is 33.4 Å². The number of rotatable bonds is 1. The predicted molar refractivity (Wildman–Crippen MR) is 83.3 cm³/mol. The molecule has 2 N–H and O–H groups in total. The summed E-state index contributed by atoms with van der Waals surface area (Å²) in [6, 6.07) is 2.55. The molecule has 0 saturated carbocycles. The van der Waals surface area contributed by atoms with Gasteiger partial charge in [-0.25, -0.2) is 9.37 Å². The molecule has 1 aromatic carbocycles. The first kappa shape index (κ1) is 13.1. The molecule has 0 atom stereocenters. The quantitative estimate of drug-likeness (QED) is 0.699. The van der Waals surface area contributed by atoms with Crippen LogP contribution in [0.2, 0.25) is 5.02 Å². The number of aryl methyl sites for hydroxylation is 1. The van der Waals surface area contributed by atoms with Crippen LogP contribution in [0, 0.1) is 5.82 Å². The molecular formula is C15H12ClFN2OS. The van der Waals surface area contributed by atoms with Crippen molar-refractivity contribution < 1.29 is 8.81 Å². The molecule has 0 radical (unpaired) electrons. The molecule has 2 aromatic heterocycles. The van der Waals surface area contributed by atoms with Crippen LogP contribution in [0.4, 0.5) is 9.39 Å². The Hall–Kier alpha value is -1.59. The first-order chi connectivity index (χ1) is 10.1. The van der Waals surface area contributed by atoms with E-state index in [4.69, 9.17) is 21.8 Å². The molecule has 1 aliphatic rings. The van der Waals surface area contributed by atoms with Gasteiger partial charge in [0, 0.05) is 10.9 Å². The summed E-state index contributed by atoms with van der Waals surface area (Å²) in [5.74, 6) is 0.0158. The molecular weight excluding hydrogens is 311 g/mol. The van der Waals surface area contributed by atoms with Gasteiger partial charge in [-0.15, -0.1) is 11.3 Å². The van der Waals surface area contributed by atoms with E-state index in [-0.39, 0.29) is 5.02 Å². The minimum atomic E-state index is -0.423. The van der Waals surface area contributed by atoms with Crippen molar-refractivity contribution in [1.82, 2.24) is 4.98 Å². The van der Waals surface area contributed by atoms with Gasteiger partial charge in [0.15, 0.2) is 5.58 Å². The largest absolute Gasteiger partial charge is 0.434 e. The van der Waals surface area contributed by atoms with Gasteiger partial charge in [-0.05, 0) is 37.3 Å². The zero-order valence-corrected chi connectivity index (χ0v) is 12.7. The molecule has 21 heavy (non-hydrogen) atoms. The topological polar surface area (TPSA) is 52.0 Å². The van der Waals surface area contributed by atoms with Gasteiger partial charge in [0.05, 0.1) is 15.6 Å². The third kappa shape index (κ3) is 2.03. The number of benzene rings is 1. The second kappa shape index (κ2) is 4.71. The number of anilines is 1. The molecule has 2 heterocycles. The Kier molecular flexibility index (Phi) is 2.94. The number of thiophene rings is 1. The van der Waals surface area contributed by atoms with E-state index in [1.807, 2.05) is 0 Å². The molecule has 1 aliphatic carbocycles. The van der Waals surface area contributed by atoms with Crippen LogP contribution in [0.3, 0.4) is 0 Å². The van der Waals surface area contributed by atoms with Gasteiger partial charge in [-0.2, -0.15) is 0 Å². The summed E-state index contributed by atoms with van der Waals surface area (Å²) >= 11 is 7.62. The number of hydrogen-bond acceptors (Lipinski definition) is 4. The lowest BCUT2D eigenvalue weighted by Gasteiger charge is -2.10. The van der Waals surface area contributed by atoms with Crippen LogP contribution in [-0.4, -0.2) is 4.98 Å². The molecule has 0 aliphatic heterocycles. The number of halogens is 2. The standard InChI is InChI=1S/C15H12ClFN2OS/c16-9-5-7(17)6-10-13(9)20-15(19-10)12-8-3-1-2-4-11(8)21-14(12)18/h5-6H,1-4,18H2. The van der Waals surface area contributed by atoms with E-state index in [1.54, 1.807) is 11.3 Å². The molecule has 6 heteroatoms. The number of hydrogen-bond donors (Lipinski definition) is 1. The zero-order valence-electron chi connectivity index (χ0n) is 11.1. The maximum Gasteiger partial charge on any atom is 0.230 e. The first-order valence-electron chi connectivity index (χ1n) is 6.79. The monoisotopic (exact) mass is 322 g/mol. The summed E-state index contributed by atoms with van der Waals surface area (Å²) in [7, 11) is 0. The van der Waals surface area contributed by atoms with Crippen LogP contribution in [-0.2, 0) is 12.8 Å². The van der Waals surface area contributed by atoms with Crippen LogP contribution >= 0.6 is 22.9 Å². The van der Waals surface area contributed by atoms with Crippen LogP contribution < -0.4 is 5.73 Å². The number of aromatic nitrogens is 1. The van der Waals surface area contributed by atoms with E-state index in [0.717, 1.165) is 24.8 Å². The van der Waals surface area contributed by atoms with E-state index in [0.29, 0.717) is 22.0 Å². The molecule has 108 valence electrons. The van der Waals surface area contributed by atoms with Gasteiger partial charge in [-0.1, -0.05) is 11.6 Å². The Balaban J connectivity index is 1.95. The van der Waals surface area contributed by atoms with E-state index >= 15 is 0 Å². The van der Waals surface area contributed by atoms with Gasteiger partial charge in [0.2, 0.25) is 5.89 Å². The van der Waals surface area contributed by atoms with Gasteiger partial charge < -0.3 is 10.2 Å². The van der Waals surface area contributed by atoms with Crippen LogP contribution in [0.1, 0.15) is 23.3 Å². The van der Waals surface area contributed by atoms with Gasteiger partial charge in [-0.3, -0.25) is 0 Å². The van der Waals surface area contributed by atoms with Crippen molar-refractivity contribution in [3.8, 4) is 11.5 Å². The Morgan fingerprint density at radius 3 is 2.95 bits per heavy atom. The maximum absolute atomic E-state index is 13.4. The zero-order chi connectivity index (χ0) is 14.6. The number of fused-ring (bicyclic) bond motifs is 2. The predicted octanol–water partition coefficient (Wildman–Crippen LogP) is 4.81. The summed E-state index contributed by atoms with van der Waals surface area (Å²) < 4.78 is 19.2. The second-order valence-corrected chi connectivity index (χ2v) is 6.75. The Labute approximate surface area is 129 Å². The summed E-state index contributed by atoms with van der Waals surface area (Å²) in [6.45, 7) is 0. The van der Waals surface area contributed by atoms with E-state index in [9.17, 15) is 4.39 Å². The molecule has 0 fully saturated rings. The van der Waals surface area contributed by atoms with Crippen LogP contribution in [0.5, 0.6) is 0 Å². The average Bonchev–Trinajstić information content (AvgIpc) is 2.98. The highest BCUT2D eigenvalue weighted by Gasteiger charge is 2.24. The third-order valence-electron chi connectivity index (χ3n) is 3.82. The Morgan fingerprint density at radius 2 is 2.10 bits per heavy atom. The second-order valence-electron chi connectivity index (χ2n) is 5.21. The minimum Gasteiger partial charge on any atom is -0.434 e. The van der Waals surface area contributed by atoms with E-state index in [2.05, 4.69) is 4.98 Å². The van der Waals surface area contributed by atoms with Crippen molar-refractivity contribution in [1.29, 1.82) is 0 Å². The summed E-state index contributed by atoms with van der Waals surface area (Å²) in [5, 5.41) is 0.941. The van der Waals surface area contributed by atoms with Gasteiger partial charge >= 0.3 is 0 Å². The lowest BCUT2D eigenvalue weighted by Crippen LogP contribution is -1.99. The van der Waals surface area contributed by atoms with Crippen molar-refractivity contribution in [2.75, 3.05) is 5.73 Å². The molecule has 0 spiro atoms. The fourth-order valence-electron chi connectivity index (χ4n) is 2.89. The average molecular weight is 323 g/mol. The molecule has 0 bridgehead atoms. The molecule has 0 amide bonds. The maximum atomic E-state index is 13.4. The lowest BCUT2D eigenvalue weighted by atomic mass is 9.95. The first-order valence-corrected chi connectivity index (χ1v) is 7.99. The molecule has 3 nitrogen and oxygen atoms in total. The van der Waals surface area contributed by atoms with E-state index in [1.165, 1.54) is 29.0 Å². The minimum absolute atomic E-state index is 0.228. The normalized spacial score (nSPS) is 14.6. The van der Waals surface area contributed by atoms with Crippen molar-refractivity contribution in [3.63, 3.8) is 0 Å².